The summed E-state index contributed by atoms with van der Waals surface area (Å²) in [7, 11) is 0. The van der Waals surface area contributed by atoms with Gasteiger partial charge < -0.3 is 0 Å². The van der Waals surface area contributed by atoms with Gasteiger partial charge in [-0.1, -0.05) is 6.07 Å². The van der Waals surface area contributed by atoms with E-state index in [0.717, 1.165) is 11.8 Å². The number of nitrogens with zero attached hydrogens (tertiary/aromatic N) is 5. The molecule has 0 saturated heterocycles. The minimum Gasteiger partial charge on any atom is -0.267 e. The summed E-state index contributed by atoms with van der Waals surface area (Å²) in [5, 5.41) is 22.2. The summed E-state index contributed by atoms with van der Waals surface area (Å²) in [6.07, 6.45) is 4.32. The number of aromatic nitrogens is 4. The standard InChI is InChI=1S/C16H13N7O3S/c1-10-19-16(22-20-10)27-14-3-2-11(8-13(14)23(25)26)9-18-21-15(24)12-4-6-17-7-5-12/h2-9H,1H3,(H,21,24)(H,19,20,22)/b18-9-. The van der Waals surface area contributed by atoms with E-state index in [0.29, 0.717) is 27.0 Å². The highest BCUT2D eigenvalue weighted by Gasteiger charge is 2.17. The Balaban J connectivity index is 1.73. The Bertz CT molecular complexity index is 1000. The number of nitro groups is 1. The van der Waals surface area contributed by atoms with Gasteiger partial charge in [0.15, 0.2) is 0 Å². The highest BCUT2D eigenvalue weighted by molar-refractivity contribution is 7.99. The molecule has 0 bridgehead atoms. The van der Waals surface area contributed by atoms with Crippen LogP contribution < -0.4 is 5.43 Å². The first-order valence-electron chi connectivity index (χ1n) is 7.61. The van der Waals surface area contributed by atoms with Gasteiger partial charge in [-0.3, -0.25) is 25.0 Å². The van der Waals surface area contributed by atoms with Gasteiger partial charge in [-0.2, -0.15) is 5.10 Å². The van der Waals surface area contributed by atoms with Gasteiger partial charge in [0, 0.05) is 29.6 Å². The third kappa shape index (κ3) is 4.73. The van der Waals surface area contributed by atoms with Crippen LogP contribution >= 0.6 is 11.8 Å². The Labute approximate surface area is 157 Å². The molecule has 3 rings (SSSR count). The second-order valence-electron chi connectivity index (χ2n) is 5.22. The zero-order chi connectivity index (χ0) is 19.2. The van der Waals surface area contributed by atoms with Crippen LogP contribution in [0.15, 0.2) is 57.9 Å². The number of rotatable bonds is 6. The van der Waals surface area contributed by atoms with Gasteiger partial charge in [0.25, 0.3) is 11.6 Å². The van der Waals surface area contributed by atoms with E-state index in [1.54, 1.807) is 31.2 Å². The molecule has 0 aliphatic carbocycles. The van der Waals surface area contributed by atoms with Crippen LogP contribution in [-0.2, 0) is 0 Å². The summed E-state index contributed by atoms with van der Waals surface area (Å²) in [6, 6.07) is 7.69. The minimum absolute atomic E-state index is 0.105. The summed E-state index contributed by atoms with van der Waals surface area (Å²) < 4.78 is 0. The summed E-state index contributed by atoms with van der Waals surface area (Å²) >= 11 is 1.08. The molecule has 0 spiro atoms. The van der Waals surface area contributed by atoms with Crippen LogP contribution in [0.2, 0.25) is 0 Å². The number of hydrogen-bond donors (Lipinski definition) is 2. The van der Waals surface area contributed by atoms with E-state index in [9.17, 15) is 14.9 Å². The monoisotopic (exact) mass is 383 g/mol. The van der Waals surface area contributed by atoms with Gasteiger partial charge in [-0.15, -0.1) is 5.10 Å². The lowest BCUT2D eigenvalue weighted by atomic mass is 10.2. The molecular formula is C16H13N7O3S. The molecule has 27 heavy (non-hydrogen) atoms. The molecule has 11 heteroatoms. The number of H-pyrrole nitrogens is 1. The quantitative estimate of drug-likeness (QED) is 0.378. The number of aryl methyl sites for hydroxylation is 1. The predicted molar refractivity (Wildman–Crippen MR) is 97.6 cm³/mol. The highest BCUT2D eigenvalue weighted by atomic mass is 32.2. The van der Waals surface area contributed by atoms with Crippen LogP contribution in [-0.4, -0.2) is 37.2 Å². The first-order valence-corrected chi connectivity index (χ1v) is 8.43. The fourth-order valence-corrected chi connectivity index (χ4v) is 2.89. The first-order chi connectivity index (χ1) is 13.0. The molecular weight excluding hydrogens is 370 g/mol. The number of carbonyl (C=O) groups excluding carboxylic acids is 1. The molecule has 2 heterocycles. The van der Waals surface area contributed by atoms with Crippen molar-refractivity contribution in [2.75, 3.05) is 0 Å². The lowest BCUT2D eigenvalue weighted by molar-refractivity contribution is -0.387. The lowest BCUT2D eigenvalue weighted by Gasteiger charge is -2.02. The Hall–Kier alpha value is -3.60. The van der Waals surface area contributed by atoms with E-state index < -0.39 is 10.8 Å². The molecule has 0 aliphatic heterocycles. The molecule has 0 radical (unpaired) electrons. The van der Waals surface area contributed by atoms with E-state index >= 15 is 0 Å². The number of nitrogens with one attached hydrogen (secondary N) is 2. The number of benzene rings is 1. The maximum Gasteiger partial charge on any atom is 0.283 e. The summed E-state index contributed by atoms with van der Waals surface area (Å²) in [4.78, 5) is 31.1. The van der Waals surface area contributed by atoms with Gasteiger partial charge in [0.05, 0.1) is 16.0 Å². The molecule has 0 aliphatic rings. The smallest absolute Gasteiger partial charge is 0.267 e. The fourth-order valence-electron chi connectivity index (χ4n) is 2.04. The van der Waals surface area contributed by atoms with Gasteiger partial charge in [-0.05, 0) is 36.9 Å². The first kappa shape index (κ1) is 18.2. The van der Waals surface area contributed by atoms with E-state index in [4.69, 9.17) is 0 Å². The van der Waals surface area contributed by atoms with E-state index in [-0.39, 0.29) is 5.69 Å². The number of aromatic amines is 1. The number of hydrogen-bond acceptors (Lipinski definition) is 8. The predicted octanol–water partition coefficient (Wildman–Crippen LogP) is 2.33. The molecule has 136 valence electrons. The van der Waals surface area contributed by atoms with Gasteiger partial charge >= 0.3 is 0 Å². The number of amides is 1. The largest absolute Gasteiger partial charge is 0.283 e. The van der Waals surface area contributed by atoms with Crippen LogP contribution in [0.1, 0.15) is 21.7 Å². The van der Waals surface area contributed by atoms with E-state index in [1.807, 2.05) is 0 Å². The van der Waals surface area contributed by atoms with Crippen LogP contribution in [0.25, 0.3) is 0 Å². The van der Waals surface area contributed by atoms with Crippen molar-refractivity contribution in [3.8, 4) is 0 Å². The fraction of sp³-hybridized carbons (Fsp3) is 0.0625. The molecule has 0 atom stereocenters. The van der Waals surface area contributed by atoms with Crippen molar-refractivity contribution < 1.29 is 9.72 Å². The maximum atomic E-state index is 11.9. The van der Waals surface area contributed by atoms with Crippen molar-refractivity contribution in [2.45, 2.75) is 17.0 Å². The van der Waals surface area contributed by atoms with Gasteiger partial charge in [0.2, 0.25) is 5.16 Å². The van der Waals surface area contributed by atoms with Crippen LogP contribution in [0.3, 0.4) is 0 Å². The average Bonchev–Trinajstić information content (AvgIpc) is 3.08. The molecule has 0 saturated carbocycles. The Morgan fingerprint density at radius 1 is 1.33 bits per heavy atom. The van der Waals surface area contributed by atoms with E-state index in [1.165, 1.54) is 24.7 Å². The molecule has 1 amide bonds. The third-order valence-electron chi connectivity index (χ3n) is 3.28. The number of carbonyl (C=O) groups is 1. The average molecular weight is 383 g/mol. The molecule has 2 aromatic heterocycles. The van der Waals surface area contributed by atoms with Gasteiger partial charge in [0.1, 0.15) is 5.82 Å². The Morgan fingerprint density at radius 3 is 2.78 bits per heavy atom. The molecule has 10 nitrogen and oxygen atoms in total. The zero-order valence-corrected chi connectivity index (χ0v) is 14.8. The third-order valence-corrected chi connectivity index (χ3v) is 4.21. The highest BCUT2D eigenvalue weighted by Crippen LogP contribution is 2.33. The summed E-state index contributed by atoms with van der Waals surface area (Å²) in [5.41, 5.74) is 3.12. The van der Waals surface area contributed by atoms with Crippen molar-refractivity contribution in [1.82, 2.24) is 25.6 Å². The van der Waals surface area contributed by atoms with Crippen molar-refractivity contribution in [3.63, 3.8) is 0 Å². The molecule has 0 fully saturated rings. The Morgan fingerprint density at radius 2 is 2.11 bits per heavy atom. The van der Waals surface area contributed by atoms with Crippen LogP contribution in [0.4, 0.5) is 5.69 Å². The van der Waals surface area contributed by atoms with Gasteiger partial charge in [-0.25, -0.2) is 10.4 Å². The van der Waals surface area contributed by atoms with Crippen LogP contribution in [0, 0.1) is 17.0 Å². The zero-order valence-electron chi connectivity index (χ0n) is 14.0. The summed E-state index contributed by atoms with van der Waals surface area (Å²) in [5.74, 6) is 0.212. The Kier molecular flexibility index (Phi) is 5.52. The van der Waals surface area contributed by atoms with Crippen molar-refractivity contribution in [1.29, 1.82) is 0 Å². The second-order valence-corrected chi connectivity index (χ2v) is 6.23. The SMILES string of the molecule is Cc1nc(Sc2ccc(/C=N\NC(=O)c3ccncc3)cc2[N+](=O)[O-])n[nH]1. The van der Waals surface area contributed by atoms with E-state index in [2.05, 4.69) is 30.7 Å². The normalized spacial score (nSPS) is 10.9. The van der Waals surface area contributed by atoms with Crippen molar-refractivity contribution >= 4 is 29.6 Å². The molecule has 3 aromatic rings. The van der Waals surface area contributed by atoms with Crippen molar-refractivity contribution in [2.24, 2.45) is 5.10 Å². The topological polar surface area (TPSA) is 139 Å². The number of nitro benzene ring substituents is 1. The van der Waals surface area contributed by atoms with Crippen molar-refractivity contribution in [3.05, 3.63) is 69.8 Å². The molecule has 2 N–H and O–H groups in total. The molecule has 1 aromatic carbocycles. The number of hydrazone groups is 1. The summed E-state index contributed by atoms with van der Waals surface area (Å²) in [6.45, 7) is 1.74. The minimum atomic E-state index is -0.491. The van der Waals surface area contributed by atoms with Crippen LogP contribution in [0.5, 0.6) is 0 Å². The lowest BCUT2D eigenvalue weighted by Crippen LogP contribution is -2.17. The molecule has 0 unspecified atom stereocenters. The number of pyridine rings is 1. The second kappa shape index (κ2) is 8.19. The maximum absolute atomic E-state index is 11.9.